The Bertz CT molecular complexity index is 668. The van der Waals surface area contributed by atoms with Crippen LogP contribution in [0.4, 0.5) is 5.82 Å². The number of rotatable bonds is 1. The van der Waals surface area contributed by atoms with E-state index in [4.69, 9.17) is 5.73 Å². The second kappa shape index (κ2) is 3.82. The summed E-state index contributed by atoms with van der Waals surface area (Å²) in [6.45, 7) is 1.97. The maximum Gasteiger partial charge on any atom is 0.144 e. The van der Waals surface area contributed by atoms with Crippen molar-refractivity contribution in [2.24, 2.45) is 0 Å². The summed E-state index contributed by atoms with van der Waals surface area (Å²) < 4.78 is 0. The van der Waals surface area contributed by atoms with E-state index in [1.807, 2.05) is 37.3 Å². The Morgan fingerprint density at radius 3 is 2.65 bits per heavy atom. The predicted octanol–water partition coefficient (Wildman–Crippen LogP) is 3.25. The lowest BCUT2D eigenvalue weighted by Crippen LogP contribution is -1.87. The van der Waals surface area contributed by atoms with Crippen LogP contribution in [0.1, 0.15) is 4.88 Å². The van der Waals surface area contributed by atoms with Gasteiger partial charge < -0.3 is 5.73 Å². The number of aromatic nitrogens is 2. The van der Waals surface area contributed by atoms with E-state index >= 15 is 0 Å². The van der Waals surface area contributed by atoms with Gasteiger partial charge in [0.25, 0.3) is 0 Å². The van der Waals surface area contributed by atoms with Crippen LogP contribution in [0.5, 0.6) is 0 Å². The lowest BCUT2D eigenvalue weighted by atomic mass is 10.2. The highest BCUT2D eigenvalue weighted by Gasteiger charge is 2.08. The second-order valence-corrected chi connectivity index (χ2v) is 5.05. The minimum Gasteiger partial charge on any atom is -0.383 e. The molecule has 0 saturated heterocycles. The van der Waals surface area contributed by atoms with Gasteiger partial charge in [0.15, 0.2) is 0 Å². The van der Waals surface area contributed by atoms with Crippen LogP contribution in [0.15, 0.2) is 36.4 Å². The van der Waals surface area contributed by atoms with Crippen molar-refractivity contribution in [1.82, 2.24) is 9.97 Å². The molecule has 0 spiro atoms. The summed E-state index contributed by atoms with van der Waals surface area (Å²) in [5, 5.41) is 2.02. The van der Waals surface area contributed by atoms with Crippen LogP contribution >= 0.6 is 11.3 Å². The fourth-order valence-electron chi connectivity index (χ4n) is 1.70. The number of nitrogens with zero attached hydrogens (tertiary/aromatic N) is 2. The largest absolute Gasteiger partial charge is 0.383 e. The molecule has 0 aliphatic rings. The van der Waals surface area contributed by atoms with E-state index in [-0.39, 0.29) is 0 Å². The summed E-state index contributed by atoms with van der Waals surface area (Å²) in [5.41, 5.74) is 7.63. The average Bonchev–Trinajstić information content (AvgIpc) is 2.69. The molecule has 3 rings (SSSR count). The zero-order chi connectivity index (χ0) is 11.8. The monoisotopic (exact) mass is 241 g/mol. The summed E-state index contributed by atoms with van der Waals surface area (Å²) in [4.78, 5) is 9.95. The fraction of sp³-hybridized carbons (Fsp3) is 0.0769. The number of fused-ring (bicyclic) bond motifs is 1. The quantitative estimate of drug-likeness (QED) is 0.711. The van der Waals surface area contributed by atoms with Gasteiger partial charge in [-0.15, -0.1) is 11.3 Å². The molecule has 3 aromatic rings. The number of benzene rings is 1. The van der Waals surface area contributed by atoms with E-state index in [9.17, 15) is 0 Å². The first-order valence-electron chi connectivity index (χ1n) is 5.33. The molecule has 0 amide bonds. The third kappa shape index (κ3) is 1.76. The smallest absolute Gasteiger partial charge is 0.144 e. The average molecular weight is 241 g/mol. The van der Waals surface area contributed by atoms with Crippen LogP contribution in [-0.2, 0) is 0 Å². The first-order chi connectivity index (χ1) is 8.24. The van der Waals surface area contributed by atoms with Crippen LogP contribution in [0, 0.1) is 6.92 Å². The van der Waals surface area contributed by atoms with Crippen LogP contribution in [-0.4, -0.2) is 9.97 Å². The third-order valence-electron chi connectivity index (χ3n) is 2.65. The minimum absolute atomic E-state index is 0.597. The molecular weight excluding hydrogens is 230 g/mol. The zero-order valence-electron chi connectivity index (χ0n) is 9.34. The SMILES string of the molecule is Cc1sc(-c2ccc3ccccc3n2)nc1N. The highest BCUT2D eigenvalue weighted by Crippen LogP contribution is 2.28. The molecule has 1 aromatic carbocycles. The first-order valence-corrected chi connectivity index (χ1v) is 6.15. The molecule has 2 N–H and O–H groups in total. The van der Waals surface area contributed by atoms with E-state index in [0.717, 1.165) is 26.5 Å². The van der Waals surface area contributed by atoms with Crippen molar-refractivity contribution in [2.45, 2.75) is 6.92 Å². The molecular formula is C13H11N3S. The normalized spacial score (nSPS) is 10.9. The Kier molecular flexibility index (Phi) is 2.30. The fourth-order valence-corrected chi connectivity index (χ4v) is 2.51. The number of hydrogen-bond acceptors (Lipinski definition) is 4. The number of para-hydroxylation sites is 1. The van der Waals surface area contributed by atoms with Gasteiger partial charge in [-0.05, 0) is 19.1 Å². The van der Waals surface area contributed by atoms with E-state index in [0.29, 0.717) is 5.82 Å². The Morgan fingerprint density at radius 1 is 1.06 bits per heavy atom. The molecule has 0 fully saturated rings. The van der Waals surface area contributed by atoms with Gasteiger partial charge in [-0.25, -0.2) is 9.97 Å². The number of hydrogen-bond donors (Lipinski definition) is 1. The van der Waals surface area contributed by atoms with Crippen molar-refractivity contribution >= 4 is 28.1 Å². The molecule has 0 aliphatic heterocycles. The summed E-state index contributed by atoms with van der Waals surface area (Å²) in [7, 11) is 0. The number of nitrogens with two attached hydrogens (primary N) is 1. The van der Waals surface area contributed by atoms with Crippen molar-refractivity contribution < 1.29 is 0 Å². The van der Waals surface area contributed by atoms with Crippen molar-refractivity contribution in [3.8, 4) is 10.7 Å². The molecule has 0 saturated carbocycles. The van der Waals surface area contributed by atoms with Gasteiger partial charge in [-0.2, -0.15) is 0 Å². The Hall–Kier alpha value is -1.94. The Balaban J connectivity index is 2.17. The molecule has 2 heterocycles. The van der Waals surface area contributed by atoms with Gasteiger partial charge >= 0.3 is 0 Å². The maximum atomic E-state index is 5.76. The van der Waals surface area contributed by atoms with E-state index in [1.165, 1.54) is 0 Å². The number of pyridine rings is 1. The summed E-state index contributed by atoms with van der Waals surface area (Å²) >= 11 is 1.58. The highest BCUT2D eigenvalue weighted by molar-refractivity contribution is 7.15. The van der Waals surface area contributed by atoms with Gasteiger partial charge in [0, 0.05) is 10.3 Å². The second-order valence-electron chi connectivity index (χ2n) is 3.85. The van der Waals surface area contributed by atoms with Crippen LogP contribution in [0.3, 0.4) is 0 Å². The minimum atomic E-state index is 0.597. The lowest BCUT2D eigenvalue weighted by Gasteiger charge is -1.99. The van der Waals surface area contributed by atoms with Gasteiger partial charge in [0.05, 0.1) is 11.2 Å². The standard InChI is InChI=1S/C13H11N3S/c1-8-12(14)16-13(17-8)11-7-6-9-4-2-3-5-10(9)15-11/h2-7H,14H2,1H3. The Morgan fingerprint density at radius 2 is 1.88 bits per heavy atom. The van der Waals surface area contributed by atoms with E-state index in [2.05, 4.69) is 16.0 Å². The van der Waals surface area contributed by atoms with E-state index < -0.39 is 0 Å². The number of anilines is 1. The summed E-state index contributed by atoms with van der Waals surface area (Å²) in [6, 6.07) is 12.1. The maximum absolute atomic E-state index is 5.76. The zero-order valence-corrected chi connectivity index (χ0v) is 10.2. The molecule has 17 heavy (non-hydrogen) atoms. The van der Waals surface area contributed by atoms with Crippen molar-refractivity contribution in [3.05, 3.63) is 41.3 Å². The van der Waals surface area contributed by atoms with Gasteiger partial charge in [0.1, 0.15) is 10.8 Å². The Labute approximate surface area is 103 Å². The predicted molar refractivity (Wildman–Crippen MR) is 72.0 cm³/mol. The summed E-state index contributed by atoms with van der Waals surface area (Å²) in [5.74, 6) is 0.597. The molecule has 3 nitrogen and oxygen atoms in total. The molecule has 0 aliphatic carbocycles. The molecule has 0 unspecified atom stereocenters. The number of nitrogen functional groups attached to an aromatic ring is 1. The van der Waals surface area contributed by atoms with Gasteiger partial charge in [-0.3, -0.25) is 0 Å². The first kappa shape index (κ1) is 10.2. The third-order valence-corrected chi connectivity index (χ3v) is 3.66. The lowest BCUT2D eigenvalue weighted by molar-refractivity contribution is 1.33. The molecule has 2 aromatic heterocycles. The van der Waals surface area contributed by atoms with Crippen molar-refractivity contribution in [3.63, 3.8) is 0 Å². The molecule has 0 radical (unpaired) electrons. The van der Waals surface area contributed by atoms with Gasteiger partial charge in [-0.1, -0.05) is 24.3 Å². The molecule has 4 heteroatoms. The van der Waals surface area contributed by atoms with Crippen molar-refractivity contribution in [2.75, 3.05) is 5.73 Å². The van der Waals surface area contributed by atoms with Crippen LogP contribution in [0.2, 0.25) is 0 Å². The topological polar surface area (TPSA) is 51.8 Å². The molecule has 0 bridgehead atoms. The molecule has 84 valence electrons. The van der Waals surface area contributed by atoms with Crippen molar-refractivity contribution in [1.29, 1.82) is 0 Å². The highest BCUT2D eigenvalue weighted by atomic mass is 32.1. The number of thiazole rings is 1. The number of aryl methyl sites for hydroxylation is 1. The molecule has 0 atom stereocenters. The summed E-state index contributed by atoms with van der Waals surface area (Å²) in [6.07, 6.45) is 0. The van der Waals surface area contributed by atoms with E-state index in [1.54, 1.807) is 11.3 Å². The van der Waals surface area contributed by atoms with Crippen LogP contribution in [0.25, 0.3) is 21.6 Å². The van der Waals surface area contributed by atoms with Crippen LogP contribution < -0.4 is 5.73 Å². The van der Waals surface area contributed by atoms with Gasteiger partial charge in [0.2, 0.25) is 0 Å².